The van der Waals surface area contributed by atoms with E-state index < -0.39 is 0 Å². The van der Waals surface area contributed by atoms with E-state index >= 15 is 0 Å². The molecule has 0 atom stereocenters. The highest BCUT2D eigenvalue weighted by Gasteiger charge is 2.07. The molecule has 2 aromatic rings. The summed E-state index contributed by atoms with van der Waals surface area (Å²) >= 11 is 9.58. The van der Waals surface area contributed by atoms with Crippen LogP contribution in [0.1, 0.15) is 28.9 Å². The molecule has 0 amide bonds. The molecule has 0 spiro atoms. The van der Waals surface area contributed by atoms with Crippen molar-refractivity contribution in [2.24, 2.45) is 0 Å². The highest BCUT2D eigenvalue weighted by atomic mass is 35.5. The predicted molar refractivity (Wildman–Crippen MR) is 89.9 cm³/mol. The molecule has 5 heteroatoms. The number of benzene rings is 1. The van der Waals surface area contributed by atoms with Crippen LogP contribution in [0.3, 0.4) is 0 Å². The Kier molecular flexibility index (Phi) is 6.36. The van der Waals surface area contributed by atoms with E-state index in [9.17, 15) is 0 Å². The van der Waals surface area contributed by atoms with Crippen LogP contribution in [-0.2, 0) is 12.3 Å². The fraction of sp³-hybridized carbons (Fsp3) is 0.400. The Hall–Kier alpha value is -0.550. The van der Waals surface area contributed by atoms with Crippen molar-refractivity contribution in [2.75, 3.05) is 6.54 Å². The highest BCUT2D eigenvalue weighted by Crippen LogP contribution is 2.28. The summed E-state index contributed by atoms with van der Waals surface area (Å²) < 4.78 is 0. The zero-order valence-corrected chi connectivity index (χ0v) is 14.2. The van der Waals surface area contributed by atoms with Crippen molar-refractivity contribution in [3.8, 4) is 0 Å². The molecule has 0 fully saturated rings. The van der Waals surface area contributed by atoms with Crippen LogP contribution in [0.4, 0.5) is 0 Å². The molecule has 0 aliphatic rings. The van der Waals surface area contributed by atoms with Crippen molar-refractivity contribution >= 4 is 34.7 Å². The van der Waals surface area contributed by atoms with Gasteiger partial charge in [0.05, 0.1) is 11.4 Å². The van der Waals surface area contributed by atoms with Crippen LogP contribution in [0.2, 0.25) is 5.02 Å². The van der Waals surface area contributed by atoms with E-state index in [1.807, 2.05) is 18.2 Å². The number of thioether (sulfide) groups is 1. The van der Waals surface area contributed by atoms with Gasteiger partial charge < -0.3 is 5.32 Å². The predicted octanol–water partition coefficient (Wildman–Crippen LogP) is 4.90. The molecule has 0 saturated carbocycles. The van der Waals surface area contributed by atoms with Crippen LogP contribution in [0.25, 0.3) is 0 Å². The standard InChI is InChI=1S/C15H19ClN2S2/c1-3-7-17-9-14-11(2)18-15(20-14)10-19-13-6-4-5-12(16)8-13/h4-6,8,17H,3,7,9-10H2,1-2H3. The van der Waals surface area contributed by atoms with Crippen molar-refractivity contribution in [3.63, 3.8) is 0 Å². The number of rotatable bonds is 7. The van der Waals surface area contributed by atoms with Gasteiger partial charge in [-0.1, -0.05) is 24.6 Å². The Morgan fingerprint density at radius 3 is 3.00 bits per heavy atom. The Labute approximate surface area is 134 Å². The second-order valence-electron chi connectivity index (χ2n) is 4.54. The normalized spacial score (nSPS) is 10.9. The first-order valence-electron chi connectivity index (χ1n) is 6.73. The monoisotopic (exact) mass is 326 g/mol. The lowest BCUT2D eigenvalue weighted by atomic mass is 10.4. The topological polar surface area (TPSA) is 24.9 Å². The van der Waals surface area contributed by atoms with Gasteiger partial charge in [-0.2, -0.15) is 0 Å². The van der Waals surface area contributed by atoms with Crippen LogP contribution >= 0.6 is 34.7 Å². The summed E-state index contributed by atoms with van der Waals surface area (Å²) in [7, 11) is 0. The van der Waals surface area contributed by atoms with Gasteiger partial charge in [0.2, 0.25) is 0 Å². The van der Waals surface area contributed by atoms with E-state index in [0.717, 1.165) is 36.0 Å². The van der Waals surface area contributed by atoms with E-state index in [4.69, 9.17) is 11.6 Å². The van der Waals surface area contributed by atoms with Gasteiger partial charge in [0.1, 0.15) is 5.01 Å². The minimum Gasteiger partial charge on any atom is -0.312 e. The molecule has 0 radical (unpaired) electrons. The first-order valence-corrected chi connectivity index (χ1v) is 8.91. The lowest BCUT2D eigenvalue weighted by Gasteiger charge is -2.00. The van der Waals surface area contributed by atoms with Gasteiger partial charge in [0.15, 0.2) is 0 Å². The Balaban J connectivity index is 1.91. The van der Waals surface area contributed by atoms with Crippen LogP contribution in [0.15, 0.2) is 29.2 Å². The second-order valence-corrected chi connectivity index (χ2v) is 7.19. The molecular weight excluding hydrogens is 308 g/mol. The van der Waals surface area contributed by atoms with Gasteiger partial charge >= 0.3 is 0 Å². The van der Waals surface area contributed by atoms with Gasteiger partial charge in [-0.15, -0.1) is 23.1 Å². The molecule has 1 aromatic heterocycles. The van der Waals surface area contributed by atoms with E-state index in [1.165, 1.54) is 14.8 Å². The van der Waals surface area contributed by atoms with E-state index in [0.29, 0.717) is 0 Å². The first-order chi connectivity index (χ1) is 9.69. The van der Waals surface area contributed by atoms with E-state index in [2.05, 4.69) is 30.2 Å². The number of nitrogens with one attached hydrogen (secondary N) is 1. The number of nitrogens with zero attached hydrogens (tertiary/aromatic N) is 1. The molecule has 2 nitrogen and oxygen atoms in total. The fourth-order valence-corrected chi connectivity index (χ4v) is 4.04. The number of thiazole rings is 1. The SMILES string of the molecule is CCCNCc1sc(CSc2cccc(Cl)c2)nc1C. The van der Waals surface area contributed by atoms with Gasteiger partial charge in [-0.25, -0.2) is 4.98 Å². The molecule has 0 aliphatic carbocycles. The third kappa shape index (κ3) is 4.77. The lowest BCUT2D eigenvalue weighted by molar-refractivity contribution is 0.678. The van der Waals surface area contributed by atoms with Crippen LogP contribution in [0.5, 0.6) is 0 Å². The van der Waals surface area contributed by atoms with Gasteiger partial charge in [0, 0.05) is 21.3 Å². The average molecular weight is 327 g/mol. The van der Waals surface area contributed by atoms with Gasteiger partial charge in [-0.05, 0) is 38.1 Å². The molecular formula is C15H19ClN2S2. The second kappa shape index (κ2) is 8.03. The van der Waals surface area contributed by atoms with Crippen molar-refractivity contribution in [3.05, 3.63) is 44.9 Å². The number of aromatic nitrogens is 1. The van der Waals surface area contributed by atoms with E-state index in [1.54, 1.807) is 23.1 Å². The summed E-state index contributed by atoms with van der Waals surface area (Å²) in [5.41, 5.74) is 1.15. The smallest absolute Gasteiger partial charge is 0.103 e. The van der Waals surface area contributed by atoms with Crippen molar-refractivity contribution in [1.82, 2.24) is 10.3 Å². The summed E-state index contributed by atoms with van der Waals surface area (Å²) in [6, 6.07) is 7.96. The first kappa shape index (κ1) is 15.8. The van der Waals surface area contributed by atoms with Crippen molar-refractivity contribution < 1.29 is 0 Å². The summed E-state index contributed by atoms with van der Waals surface area (Å²) in [5, 5.41) is 5.40. The Bertz CT molecular complexity index is 555. The third-order valence-corrected chi connectivity index (χ3v) is 5.39. The summed E-state index contributed by atoms with van der Waals surface area (Å²) in [6.45, 7) is 6.26. The molecule has 20 heavy (non-hydrogen) atoms. The maximum atomic E-state index is 5.99. The maximum Gasteiger partial charge on any atom is 0.103 e. The number of halogens is 1. The van der Waals surface area contributed by atoms with Crippen LogP contribution in [0, 0.1) is 6.92 Å². The summed E-state index contributed by atoms with van der Waals surface area (Å²) in [6.07, 6.45) is 1.16. The maximum absolute atomic E-state index is 5.99. The molecule has 1 heterocycles. The Morgan fingerprint density at radius 1 is 1.40 bits per heavy atom. The largest absolute Gasteiger partial charge is 0.312 e. The van der Waals surface area contributed by atoms with Crippen LogP contribution in [-0.4, -0.2) is 11.5 Å². The number of hydrogen-bond donors (Lipinski definition) is 1. The summed E-state index contributed by atoms with van der Waals surface area (Å²) in [4.78, 5) is 7.19. The number of aryl methyl sites for hydroxylation is 1. The van der Waals surface area contributed by atoms with E-state index in [-0.39, 0.29) is 0 Å². The van der Waals surface area contributed by atoms with Crippen molar-refractivity contribution in [1.29, 1.82) is 0 Å². The van der Waals surface area contributed by atoms with Crippen molar-refractivity contribution in [2.45, 2.75) is 37.5 Å². The van der Waals surface area contributed by atoms with Gasteiger partial charge in [0.25, 0.3) is 0 Å². The zero-order valence-electron chi connectivity index (χ0n) is 11.8. The van der Waals surface area contributed by atoms with Gasteiger partial charge in [-0.3, -0.25) is 0 Å². The molecule has 2 rings (SSSR count). The Morgan fingerprint density at radius 2 is 2.25 bits per heavy atom. The highest BCUT2D eigenvalue weighted by molar-refractivity contribution is 7.98. The molecule has 0 saturated heterocycles. The minimum atomic E-state index is 0.787. The molecule has 1 N–H and O–H groups in total. The average Bonchev–Trinajstić information content (AvgIpc) is 2.78. The summed E-state index contributed by atoms with van der Waals surface area (Å²) in [5.74, 6) is 0.902. The molecule has 0 unspecified atom stereocenters. The third-order valence-electron chi connectivity index (χ3n) is 2.81. The molecule has 0 bridgehead atoms. The molecule has 1 aromatic carbocycles. The molecule has 0 aliphatic heterocycles. The zero-order chi connectivity index (χ0) is 14.4. The number of hydrogen-bond acceptors (Lipinski definition) is 4. The van der Waals surface area contributed by atoms with Crippen LogP contribution < -0.4 is 5.32 Å². The minimum absolute atomic E-state index is 0.787. The fourth-order valence-electron chi connectivity index (χ4n) is 1.79. The quantitative estimate of drug-likeness (QED) is 0.579. The lowest BCUT2D eigenvalue weighted by Crippen LogP contribution is -2.13. The molecule has 108 valence electrons.